The topological polar surface area (TPSA) is 88.5 Å². The molecule has 3 aromatic rings. The van der Waals surface area contributed by atoms with Crippen LogP contribution in [0.3, 0.4) is 0 Å². The number of halogens is 1. The molecule has 0 spiro atoms. The van der Waals surface area contributed by atoms with Gasteiger partial charge in [0.05, 0.1) is 19.6 Å². The number of nitrogens with zero attached hydrogens (tertiary/aromatic N) is 1. The molecule has 6 nitrogen and oxygen atoms in total. The second kappa shape index (κ2) is 9.62. The third-order valence-corrected chi connectivity index (χ3v) is 5.41. The zero-order valence-corrected chi connectivity index (χ0v) is 18.2. The van der Waals surface area contributed by atoms with Gasteiger partial charge >= 0.3 is 5.97 Å². The summed E-state index contributed by atoms with van der Waals surface area (Å²) < 4.78 is 5.43. The number of hydrogen-bond acceptors (Lipinski definition) is 4. The van der Waals surface area contributed by atoms with Gasteiger partial charge in [-0.25, -0.2) is 4.98 Å². The van der Waals surface area contributed by atoms with Gasteiger partial charge in [-0.2, -0.15) is 0 Å². The number of aliphatic carboxylic acids is 1. The molecular formula is C24H23ClN2O4. The zero-order chi connectivity index (χ0) is 22.5. The Morgan fingerprint density at radius 2 is 1.81 bits per heavy atom. The minimum absolute atomic E-state index is 0.151. The van der Waals surface area contributed by atoms with Crippen LogP contribution < -0.4 is 10.1 Å². The minimum atomic E-state index is -1.01. The number of hydrogen-bond donors (Lipinski definition) is 2. The number of pyridine rings is 1. The van der Waals surface area contributed by atoms with E-state index in [4.69, 9.17) is 16.3 Å². The minimum Gasteiger partial charge on any atom is -0.494 e. The Bertz CT molecular complexity index is 1110. The Morgan fingerprint density at radius 3 is 2.45 bits per heavy atom. The molecule has 0 bridgehead atoms. The van der Waals surface area contributed by atoms with E-state index in [1.165, 1.54) is 7.11 Å². The van der Waals surface area contributed by atoms with Crippen molar-refractivity contribution >= 4 is 23.5 Å². The lowest BCUT2D eigenvalue weighted by Crippen LogP contribution is -2.31. The van der Waals surface area contributed by atoms with Crippen LogP contribution in [0.1, 0.15) is 39.6 Å². The molecule has 0 aliphatic carbocycles. The largest absolute Gasteiger partial charge is 0.494 e. The molecule has 31 heavy (non-hydrogen) atoms. The second-order valence-corrected chi connectivity index (χ2v) is 7.60. The number of carbonyl (C=O) groups is 2. The van der Waals surface area contributed by atoms with E-state index in [9.17, 15) is 14.7 Å². The van der Waals surface area contributed by atoms with Gasteiger partial charge in [-0.1, -0.05) is 53.6 Å². The molecule has 0 unspecified atom stereocenters. The molecule has 0 saturated carbocycles. The standard InChI is InChI=1S/C24H23ClN2O4/c1-14-7-9-16(10-8-14)20(13-22(28)29)27-24(30)19-11-12-21(31-3)23(26-19)17-5-4-6-18(25)15(17)2/h4-12,20H,13H2,1-3H3,(H,27,30)(H,28,29)/t20-/m0/s1. The number of amides is 1. The summed E-state index contributed by atoms with van der Waals surface area (Å²) in [6, 6.07) is 15.3. The Balaban J connectivity index is 1.95. The second-order valence-electron chi connectivity index (χ2n) is 7.19. The fraction of sp³-hybridized carbons (Fsp3) is 0.208. The van der Waals surface area contributed by atoms with Crippen LogP contribution in [-0.4, -0.2) is 29.1 Å². The van der Waals surface area contributed by atoms with Crippen molar-refractivity contribution in [3.63, 3.8) is 0 Å². The highest BCUT2D eigenvalue weighted by Gasteiger charge is 2.21. The summed E-state index contributed by atoms with van der Waals surface area (Å²) in [5, 5.41) is 12.7. The van der Waals surface area contributed by atoms with E-state index in [1.54, 1.807) is 24.3 Å². The first-order valence-corrected chi connectivity index (χ1v) is 10.1. The smallest absolute Gasteiger partial charge is 0.305 e. The summed E-state index contributed by atoms with van der Waals surface area (Å²) in [4.78, 5) is 28.9. The third kappa shape index (κ3) is 5.22. The van der Waals surface area contributed by atoms with Crippen molar-refractivity contribution in [3.8, 4) is 17.0 Å². The molecule has 0 radical (unpaired) electrons. The van der Waals surface area contributed by atoms with E-state index in [2.05, 4.69) is 10.3 Å². The molecule has 2 aromatic carbocycles. The molecule has 0 aliphatic rings. The number of rotatable bonds is 7. The molecule has 0 fully saturated rings. The number of carboxylic acid groups (broad SMARTS) is 1. The highest BCUT2D eigenvalue weighted by Crippen LogP contribution is 2.33. The molecule has 3 rings (SSSR count). The Morgan fingerprint density at radius 1 is 1.10 bits per heavy atom. The first-order chi connectivity index (χ1) is 14.8. The van der Waals surface area contributed by atoms with Crippen LogP contribution in [-0.2, 0) is 4.79 Å². The first kappa shape index (κ1) is 22.3. The third-order valence-electron chi connectivity index (χ3n) is 5.00. The Kier molecular flexibility index (Phi) is 6.92. The number of carboxylic acids is 1. The summed E-state index contributed by atoms with van der Waals surface area (Å²) >= 11 is 6.25. The highest BCUT2D eigenvalue weighted by atomic mass is 35.5. The molecule has 1 atom stereocenters. The van der Waals surface area contributed by atoms with Crippen LogP contribution in [0.15, 0.2) is 54.6 Å². The van der Waals surface area contributed by atoms with Gasteiger partial charge in [0.25, 0.3) is 5.91 Å². The number of methoxy groups -OCH3 is 1. The van der Waals surface area contributed by atoms with Crippen molar-refractivity contribution in [1.82, 2.24) is 10.3 Å². The fourth-order valence-electron chi connectivity index (χ4n) is 3.25. The van der Waals surface area contributed by atoms with Crippen LogP contribution in [0.4, 0.5) is 0 Å². The zero-order valence-electron chi connectivity index (χ0n) is 17.5. The highest BCUT2D eigenvalue weighted by molar-refractivity contribution is 6.31. The molecule has 1 aromatic heterocycles. The van der Waals surface area contributed by atoms with E-state index in [1.807, 2.05) is 44.2 Å². The monoisotopic (exact) mass is 438 g/mol. The molecule has 0 saturated heterocycles. The molecule has 7 heteroatoms. The molecular weight excluding hydrogens is 416 g/mol. The van der Waals surface area contributed by atoms with Gasteiger partial charge in [-0.3, -0.25) is 9.59 Å². The molecule has 1 heterocycles. The summed E-state index contributed by atoms with van der Waals surface area (Å²) in [6.45, 7) is 3.81. The van der Waals surface area contributed by atoms with Crippen LogP contribution in [0.25, 0.3) is 11.3 Å². The fourth-order valence-corrected chi connectivity index (χ4v) is 3.43. The van der Waals surface area contributed by atoms with Gasteiger partial charge < -0.3 is 15.2 Å². The van der Waals surface area contributed by atoms with Crippen LogP contribution >= 0.6 is 11.6 Å². The van der Waals surface area contributed by atoms with E-state index in [0.717, 1.165) is 16.7 Å². The van der Waals surface area contributed by atoms with Gasteiger partial charge in [0.1, 0.15) is 17.1 Å². The predicted octanol–water partition coefficient (Wildman–Crippen LogP) is 4.97. The number of aryl methyl sites for hydroxylation is 1. The lowest BCUT2D eigenvalue weighted by Gasteiger charge is -2.18. The lowest BCUT2D eigenvalue weighted by molar-refractivity contribution is -0.137. The first-order valence-electron chi connectivity index (χ1n) is 9.70. The molecule has 0 aliphatic heterocycles. The van der Waals surface area contributed by atoms with E-state index in [0.29, 0.717) is 22.0 Å². The summed E-state index contributed by atoms with van der Waals surface area (Å²) in [7, 11) is 1.53. The maximum atomic E-state index is 13.0. The van der Waals surface area contributed by atoms with E-state index in [-0.39, 0.29) is 12.1 Å². The van der Waals surface area contributed by atoms with Crippen molar-refractivity contribution in [1.29, 1.82) is 0 Å². The van der Waals surface area contributed by atoms with Crippen molar-refractivity contribution < 1.29 is 19.4 Å². The number of carbonyl (C=O) groups excluding carboxylic acids is 1. The lowest BCUT2D eigenvalue weighted by atomic mass is 10.0. The summed E-state index contributed by atoms with van der Waals surface area (Å²) in [5.74, 6) is -0.984. The Labute approximate surface area is 185 Å². The number of benzene rings is 2. The summed E-state index contributed by atoms with van der Waals surface area (Å²) in [6.07, 6.45) is -0.245. The van der Waals surface area contributed by atoms with Crippen LogP contribution in [0, 0.1) is 13.8 Å². The van der Waals surface area contributed by atoms with E-state index < -0.39 is 17.9 Å². The van der Waals surface area contributed by atoms with Crippen molar-refractivity contribution in [2.24, 2.45) is 0 Å². The normalized spacial score (nSPS) is 11.6. The van der Waals surface area contributed by atoms with Gasteiger partial charge in [0.15, 0.2) is 0 Å². The average Bonchev–Trinajstić information content (AvgIpc) is 2.75. The van der Waals surface area contributed by atoms with Crippen LogP contribution in [0.2, 0.25) is 5.02 Å². The summed E-state index contributed by atoms with van der Waals surface area (Å²) in [5.41, 5.74) is 3.96. The van der Waals surface area contributed by atoms with Gasteiger partial charge in [0.2, 0.25) is 0 Å². The van der Waals surface area contributed by atoms with Crippen molar-refractivity contribution in [2.75, 3.05) is 7.11 Å². The SMILES string of the molecule is COc1ccc(C(=O)N[C@@H](CC(=O)O)c2ccc(C)cc2)nc1-c1cccc(Cl)c1C. The molecule has 1 amide bonds. The van der Waals surface area contributed by atoms with Crippen molar-refractivity contribution in [3.05, 3.63) is 82.0 Å². The van der Waals surface area contributed by atoms with Crippen molar-refractivity contribution in [2.45, 2.75) is 26.3 Å². The predicted molar refractivity (Wildman–Crippen MR) is 120 cm³/mol. The van der Waals surface area contributed by atoms with Crippen LogP contribution in [0.5, 0.6) is 5.75 Å². The average molecular weight is 439 g/mol. The van der Waals surface area contributed by atoms with Gasteiger partial charge in [-0.05, 0) is 43.2 Å². The number of aromatic nitrogens is 1. The van der Waals surface area contributed by atoms with Gasteiger partial charge in [-0.15, -0.1) is 0 Å². The Hall–Kier alpha value is -3.38. The van der Waals surface area contributed by atoms with Gasteiger partial charge in [0, 0.05) is 10.6 Å². The number of nitrogens with one attached hydrogen (secondary N) is 1. The molecule has 160 valence electrons. The quantitative estimate of drug-likeness (QED) is 0.543. The molecule has 2 N–H and O–H groups in total. The maximum absolute atomic E-state index is 13.0. The van der Waals surface area contributed by atoms with E-state index >= 15 is 0 Å². The number of ether oxygens (including phenoxy) is 1. The maximum Gasteiger partial charge on any atom is 0.305 e.